The molecule has 3 N–H and O–H groups in total. The molecule has 6 heteroatoms. The Hall–Kier alpha value is -2.80. The lowest BCUT2D eigenvalue weighted by Gasteiger charge is -2.31. The molecule has 0 bridgehead atoms. The number of hydrogen-bond donors (Lipinski definition) is 2. The molecule has 1 atom stereocenters. The maximum absolute atomic E-state index is 11.8. The van der Waals surface area contributed by atoms with Gasteiger partial charge in [-0.25, -0.2) is 4.98 Å². The molecule has 0 radical (unpaired) electrons. The van der Waals surface area contributed by atoms with Gasteiger partial charge in [-0.2, -0.15) is 0 Å². The zero-order valence-electron chi connectivity index (χ0n) is 17.3. The second-order valence-corrected chi connectivity index (χ2v) is 7.59. The highest BCUT2D eigenvalue weighted by Gasteiger charge is 2.18. The molecule has 3 rings (SSSR count). The van der Waals surface area contributed by atoms with Crippen molar-refractivity contribution < 1.29 is 0 Å². The number of rotatable bonds is 8. The Morgan fingerprint density at radius 2 is 1.72 bits per heavy atom. The molecule has 29 heavy (non-hydrogen) atoms. The van der Waals surface area contributed by atoms with Crippen molar-refractivity contribution in [2.45, 2.75) is 19.1 Å². The first-order valence-electron chi connectivity index (χ1n) is 9.76. The van der Waals surface area contributed by atoms with Crippen LogP contribution < -0.4 is 11.3 Å². The van der Waals surface area contributed by atoms with Crippen LogP contribution in [-0.4, -0.2) is 47.5 Å². The van der Waals surface area contributed by atoms with Crippen molar-refractivity contribution in [2.24, 2.45) is 5.73 Å². The van der Waals surface area contributed by atoms with Crippen molar-refractivity contribution in [3.05, 3.63) is 87.8 Å². The Morgan fingerprint density at radius 1 is 1.03 bits per heavy atom. The number of nitrogens with one attached hydrogen (secondary N) is 1. The number of aromatic amines is 1. The minimum absolute atomic E-state index is 0.186. The predicted octanol–water partition coefficient (Wildman–Crippen LogP) is 2.63. The lowest BCUT2D eigenvalue weighted by Crippen LogP contribution is -2.32. The standard InChI is InChI=1S/C23H29N5O/c1-27(2)16-21(18-7-5-4-6-8-18)28(3)15-17-9-11-19(12-10-17)23-25-20(14-24)13-22(29)26-23/h4-13,21H,14-16,24H2,1-3H3,(H,25,26,29). The SMILES string of the molecule is CN(C)CC(c1ccccc1)N(C)Cc1ccc(-c2nc(CN)cc(=O)[nH]2)cc1. The van der Waals surface area contributed by atoms with Gasteiger partial charge in [0.05, 0.1) is 5.69 Å². The average molecular weight is 392 g/mol. The molecule has 0 aliphatic heterocycles. The second kappa shape index (κ2) is 9.60. The van der Waals surface area contributed by atoms with Gasteiger partial charge in [0, 0.05) is 37.3 Å². The van der Waals surface area contributed by atoms with Gasteiger partial charge in [-0.1, -0.05) is 54.6 Å². The molecule has 1 unspecified atom stereocenters. The Balaban J connectivity index is 1.77. The number of nitrogens with zero attached hydrogens (tertiary/aromatic N) is 3. The summed E-state index contributed by atoms with van der Waals surface area (Å²) < 4.78 is 0. The number of likely N-dealkylation sites (N-methyl/N-ethyl adjacent to an activating group) is 2. The third-order valence-corrected chi connectivity index (χ3v) is 4.92. The Morgan fingerprint density at radius 3 is 2.34 bits per heavy atom. The first-order valence-corrected chi connectivity index (χ1v) is 9.76. The van der Waals surface area contributed by atoms with E-state index in [0.717, 1.165) is 18.7 Å². The summed E-state index contributed by atoms with van der Waals surface area (Å²) in [5.74, 6) is 0.549. The van der Waals surface area contributed by atoms with Gasteiger partial charge in [-0.05, 0) is 32.3 Å². The summed E-state index contributed by atoms with van der Waals surface area (Å²) in [5.41, 5.74) is 9.41. The van der Waals surface area contributed by atoms with Gasteiger partial charge < -0.3 is 15.6 Å². The van der Waals surface area contributed by atoms with E-state index in [0.29, 0.717) is 17.6 Å². The van der Waals surface area contributed by atoms with Gasteiger partial charge in [0.25, 0.3) is 5.56 Å². The Labute approximate surface area is 172 Å². The molecule has 1 heterocycles. The van der Waals surface area contributed by atoms with E-state index in [4.69, 9.17) is 5.73 Å². The molecule has 0 fully saturated rings. The summed E-state index contributed by atoms with van der Waals surface area (Å²) in [5, 5.41) is 0. The van der Waals surface area contributed by atoms with Gasteiger partial charge in [0.2, 0.25) is 0 Å². The molecule has 2 aromatic carbocycles. The zero-order valence-corrected chi connectivity index (χ0v) is 17.3. The second-order valence-electron chi connectivity index (χ2n) is 7.59. The largest absolute Gasteiger partial charge is 0.325 e. The number of aromatic nitrogens is 2. The minimum atomic E-state index is -0.186. The molecule has 0 spiro atoms. The summed E-state index contributed by atoms with van der Waals surface area (Å²) in [6.45, 7) is 2.00. The van der Waals surface area contributed by atoms with E-state index < -0.39 is 0 Å². The molecular formula is C23H29N5O. The van der Waals surface area contributed by atoms with E-state index >= 15 is 0 Å². The molecule has 0 saturated carbocycles. The third-order valence-electron chi connectivity index (χ3n) is 4.92. The number of H-pyrrole nitrogens is 1. The highest BCUT2D eigenvalue weighted by Crippen LogP contribution is 2.23. The van der Waals surface area contributed by atoms with Gasteiger partial charge >= 0.3 is 0 Å². The van der Waals surface area contributed by atoms with Crippen LogP contribution in [0.4, 0.5) is 0 Å². The molecule has 0 aliphatic rings. The fourth-order valence-corrected chi connectivity index (χ4v) is 3.44. The highest BCUT2D eigenvalue weighted by atomic mass is 16.1. The topological polar surface area (TPSA) is 78.2 Å². The van der Waals surface area contributed by atoms with Crippen molar-refractivity contribution in [3.63, 3.8) is 0 Å². The normalized spacial score (nSPS) is 12.5. The van der Waals surface area contributed by atoms with Crippen LogP contribution in [0.2, 0.25) is 0 Å². The quantitative estimate of drug-likeness (QED) is 0.617. The Kier molecular flexibility index (Phi) is 6.93. The Bertz CT molecular complexity index is 967. The maximum Gasteiger partial charge on any atom is 0.251 e. The molecule has 3 aromatic rings. The van der Waals surface area contributed by atoms with Crippen LogP contribution in [0.15, 0.2) is 65.5 Å². The van der Waals surface area contributed by atoms with Crippen LogP contribution in [-0.2, 0) is 13.1 Å². The van der Waals surface area contributed by atoms with Crippen LogP contribution in [0, 0.1) is 0 Å². The van der Waals surface area contributed by atoms with Crippen LogP contribution in [0.5, 0.6) is 0 Å². The summed E-state index contributed by atoms with van der Waals surface area (Å²) in [6.07, 6.45) is 0. The van der Waals surface area contributed by atoms with E-state index in [-0.39, 0.29) is 12.1 Å². The van der Waals surface area contributed by atoms with Crippen LogP contribution in [0.25, 0.3) is 11.4 Å². The maximum atomic E-state index is 11.8. The lowest BCUT2D eigenvalue weighted by atomic mass is 10.0. The van der Waals surface area contributed by atoms with E-state index in [9.17, 15) is 4.79 Å². The first-order chi connectivity index (χ1) is 14.0. The predicted molar refractivity (Wildman–Crippen MR) is 117 cm³/mol. The van der Waals surface area contributed by atoms with Crippen molar-refractivity contribution in [2.75, 3.05) is 27.7 Å². The van der Waals surface area contributed by atoms with E-state index in [1.807, 2.05) is 18.2 Å². The summed E-state index contributed by atoms with van der Waals surface area (Å²) in [6, 6.07) is 20.5. The lowest BCUT2D eigenvalue weighted by molar-refractivity contribution is 0.190. The zero-order chi connectivity index (χ0) is 20.8. The molecule has 0 saturated heterocycles. The van der Waals surface area contributed by atoms with Crippen LogP contribution in [0.1, 0.15) is 22.9 Å². The van der Waals surface area contributed by atoms with Gasteiger partial charge in [-0.15, -0.1) is 0 Å². The number of hydrogen-bond acceptors (Lipinski definition) is 5. The molecule has 152 valence electrons. The molecule has 1 aromatic heterocycles. The third kappa shape index (κ3) is 5.60. The van der Waals surface area contributed by atoms with Gasteiger partial charge in [-0.3, -0.25) is 9.69 Å². The summed E-state index contributed by atoms with van der Waals surface area (Å²) in [7, 11) is 6.35. The van der Waals surface area contributed by atoms with Gasteiger partial charge in [0.1, 0.15) is 5.82 Å². The highest BCUT2D eigenvalue weighted by molar-refractivity contribution is 5.55. The van der Waals surface area contributed by atoms with Crippen molar-refractivity contribution in [3.8, 4) is 11.4 Å². The fraction of sp³-hybridized carbons (Fsp3) is 0.304. The van der Waals surface area contributed by atoms with Crippen molar-refractivity contribution in [1.82, 2.24) is 19.8 Å². The van der Waals surface area contributed by atoms with Crippen LogP contribution in [0.3, 0.4) is 0 Å². The van der Waals surface area contributed by atoms with Gasteiger partial charge in [0.15, 0.2) is 0 Å². The summed E-state index contributed by atoms with van der Waals surface area (Å²) in [4.78, 5) is 23.6. The van der Waals surface area contributed by atoms with Crippen LogP contribution >= 0.6 is 0 Å². The molecule has 6 nitrogen and oxygen atoms in total. The monoisotopic (exact) mass is 391 g/mol. The average Bonchev–Trinajstić information content (AvgIpc) is 2.72. The smallest absolute Gasteiger partial charge is 0.251 e. The number of nitrogens with two attached hydrogens (primary N) is 1. The molecule has 0 aliphatic carbocycles. The van der Waals surface area contributed by atoms with E-state index in [2.05, 4.69) is 77.3 Å². The minimum Gasteiger partial charge on any atom is -0.325 e. The fourth-order valence-electron chi connectivity index (χ4n) is 3.44. The molecule has 0 amide bonds. The van der Waals surface area contributed by atoms with Crippen molar-refractivity contribution >= 4 is 0 Å². The van der Waals surface area contributed by atoms with E-state index in [1.165, 1.54) is 17.2 Å². The number of benzene rings is 2. The van der Waals surface area contributed by atoms with E-state index in [1.54, 1.807) is 0 Å². The molecular weight excluding hydrogens is 362 g/mol. The van der Waals surface area contributed by atoms with Crippen molar-refractivity contribution in [1.29, 1.82) is 0 Å². The summed E-state index contributed by atoms with van der Waals surface area (Å²) >= 11 is 0. The first kappa shape index (κ1) is 20.9.